The van der Waals surface area contributed by atoms with E-state index < -0.39 is 18.8 Å². The zero-order valence-electron chi connectivity index (χ0n) is 6.66. The second kappa shape index (κ2) is 6.95. The van der Waals surface area contributed by atoms with Gasteiger partial charge in [-0.3, -0.25) is 10.1 Å². The SMILES string of the molecule is O=[N+]([O-])c1ccccc1.[Cl][Sn]([Cl])([Cl])[Cl]. The van der Waals surface area contributed by atoms with Gasteiger partial charge in [-0.1, -0.05) is 18.2 Å². The number of hydrogen-bond donors (Lipinski definition) is 0. The summed E-state index contributed by atoms with van der Waals surface area (Å²) in [6, 6.07) is 7.93. The maximum atomic E-state index is 10.0. The first-order valence-corrected chi connectivity index (χ1v) is 17.7. The topological polar surface area (TPSA) is 43.1 Å². The van der Waals surface area contributed by atoms with Gasteiger partial charge in [0.1, 0.15) is 0 Å². The molecule has 0 spiro atoms. The molecule has 0 bridgehead atoms. The molecule has 0 amide bonds. The van der Waals surface area contributed by atoms with Gasteiger partial charge in [-0.25, -0.2) is 0 Å². The van der Waals surface area contributed by atoms with E-state index in [0.29, 0.717) is 0 Å². The van der Waals surface area contributed by atoms with Crippen molar-refractivity contribution in [2.45, 2.75) is 0 Å². The molecule has 8 heteroatoms. The van der Waals surface area contributed by atoms with Crippen molar-refractivity contribution in [1.29, 1.82) is 0 Å². The van der Waals surface area contributed by atoms with Gasteiger partial charge in [0.05, 0.1) is 4.92 Å². The molecule has 0 atom stereocenters. The molecule has 14 heavy (non-hydrogen) atoms. The summed E-state index contributed by atoms with van der Waals surface area (Å²) in [5.41, 5.74) is 0.137. The number of para-hydroxylation sites is 1. The molecule has 0 aromatic heterocycles. The molecule has 0 saturated carbocycles. The predicted octanol–water partition coefficient (Wildman–Crippen LogP) is 3.97. The fourth-order valence-corrected chi connectivity index (χ4v) is 0.550. The van der Waals surface area contributed by atoms with Gasteiger partial charge in [-0.05, 0) is 0 Å². The van der Waals surface area contributed by atoms with Crippen LogP contribution in [0.3, 0.4) is 0 Å². The van der Waals surface area contributed by atoms with Crippen molar-refractivity contribution >= 4 is 55.2 Å². The fourth-order valence-electron chi connectivity index (χ4n) is 0.550. The van der Waals surface area contributed by atoms with Crippen molar-refractivity contribution in [3.63, 3.8) is 0 Å². The fraction of sp³-hybridized carbons (Fsp3) is 0. The summed E-state index contributed by atoms with van der Waals surface area (Å²) in [4.78, 5) is 9.59. The Morgan fingerprint density at radius 1 is 1.07 bits per heavy atom. The minimum atomic E-state index is -3.29. The summed E-state index contributed by atoms with van der Waals surface area (Å²) in [5.74, 6) is 0. The molecule has 1 aromatic carbocycles. The van der Waals surface area contributed by atoms with Crippen LogP contribution in [0.5, 0.6) is 0 Å². The molecule has 0 N–H and O–H groups in total. The van der Waals surface area contributed by atoms with E-state index in [9.17, 15) is 10.1 Å². The molecular weight excluding hydrogens is 379 g/mol. The molecule has 0 fully saturated rings. The number of hydrogen-bond acceptors (Lipinski definition) is 2. The van der Waals surface area contributed by atoms with Crippen LogP contribution in [0, 0.1) is 10.1 Å². The molecule has 3 nitrogen and oxygen atoms in total. The van der Waals surface area contributed by atoms with Crippen LogP contribution >= 0.6 is 35.7 Å². The summed E-state index contributed by atoms with van der Waals surface area (Å²) in [7, 11) is 20.1. The minimum absolute atomic E-state index is 0.137. The van der Waals surface area contributed by atoms with Crippen LogP contribution in [0.4, 0.5) is 5.69 Å². The Labute approximate surface area is 99.8 Å². The number of halogens is 4. The molecule has 1 rings (SSSR count). The molecule has 0 aliphatic carbocycles. The Hall–Kier alpha value is 0.579. The molecule has 78 valence electrons. The van der Waals surface area contributed by atoms with Gasteiger partial charge in [-0.2, -0.15) is 0 Å². The van der Waals surface area contributed by atoms with E-state index in [1.54, 1.807) is 18.2 Å². The van der Waals surface area contributed by atoms with E-state index in [1.165, 1.54) is 12.1 Å². The Morgan fingerprint density at radius 3 is 1.64 bits per heavy atom. The third-order valence-electron chi connectivity index (χ3n) is 0.967. The first-order valence-electron chi connectivity index (χ1n) is 3.26. The maximum absolute atomic E-state index is 10.0. The second-order valence-electron chi connectivity index (χ2n) is 2.02. The predicted molar refractivity (Wildman–Crippen MR) is 62.3 cm³/mol. The second-order valence-corrected chi connectivity index (χ2v) is 27.5. The van der Waals surface area contributed by atoms with E-state index in [4.69, 9.17) is 35.7 Å². The average Bonchev–Trinajstić information content (AvgIpc) is 2.03. The van der Waals surface area contributed by atoms with Crippen molar-refractivity contribution in [2.24, 2.45) is 0 Å². The number of nitro groups is 1. The quantitative estimate of drug-likeness (QED) is 0.418. The first kappa shape index (κ1) is 14.6. The Kier molecular flexibility index (Phi) is 7.24. The van der Waals surface area contributed by atoms with Crippen LogP contribution in [0.1, 0.15) is 0 Å². The van der Waals surface area contributed by atoms with Crippen LogP contribution in [-0.4, -0.2) is 18.8 Å². The molecule has 0 saturated heterocycles. The third-order valence-corrected chi connectivity index (χ3v) is 0.967. The number of rotatable bonds is 1. The van der Waals surface area contributed by atoms with Gasteiger partial charge in [0.15, 0.2) is 0 Å². The zero-order valence-corrected chi connectivity index (χ0v) is 12.5. The molecular formula is C6H5Cl4NO2Sn. The van der Waals surface area contributed by atoms with Crippen molar-refractivity contribution in [3.05, 3.63) is 40.4 Å². The van der Waals surface area contributed by atoms with Gasteiger partial charge in [0.25, 0.3) is 5.69 Å². The third kappa shape index (κ3) is 10.7. The Bertz CT molecular complexity index is 284. The molecule has 0 aliphatic rings. The molecule has 0 radical (unpaired) electrons. The van der Waals surface area contributed by atoms with E-state index >= 15 is 0 Å². The summed E-state index contributed by atoms with van der Waals surface area (Å²) in [5, 5.41) is 10.0. The molecule has 0 unspecified atom stereocenters. The zero-order chi connectivity index (χ0) is 11.2. The number of nitro benzene ring substituents is 1. The number of nitrogens with zero attached hydrogens (tertiary/aromatic N) is 1. The number of benzene rings is 1. The van der Waals surface area contributed by atoms with Crippen molar-refractivity contribution < 1.29 is 4.92 Å². The van der Waals surface area contributed by atoms with Crippen LogP contribution < -0.4 is 0 Å². The van der Waals surface area contributed by atoms with Crippen LogP contribution in [0.15, 0.2) is 30.3 Å². The van der Waals surface area contributed by atoms with Gasteiger partial charge >= 0.3 is 49.6 Å². The van der Waals surface area contributed by atoms with E-state index in [2.05, 4.69) is 0 Å². The van der Waals surface area contributed by atoms with Crippen LogP contribution in [-0.2, 0) is 0 Å². The summed E-state index contributed by atoms with van der Waals surface area (Å²) >= 11 is -3.29. The summed E-state index contributed by atoms with van der Waals surface area (Å²) in [6.45, 7) is 0. The molecule has 1 aromatic rings. The summed E-state index contributed by atoms with van der Waals surface area (Å²) in [6.07, 6.45) is 0. The molecule has 0 aliphatic heterocycles. The normalized spacial score (nSPS) is 10.0. The van der Waals surface area contributed by atoms with Crippen molar-refractivity contribution in [3.8, 4) is 0 Å². The van der Waals surface area contributed by atoms with E-state index in [-0.39, 0.29) is 5.69 Å². The van der Waals surface area contributed by atoms with Crippen LogP contribution in [0.25, 0.3) is 0 Å². The standard InChI is InChI=1S/C6H5NO2.4ClH.Sn/c8-7(9)6-4-2-1-3-5-6;;;;;/h1-5H;4*1H;/q;;;;;+4/p-4. The first-order chi connectivity index (χ1) is 6.30. The van der Waals surface area contributed by atoms with E-state index in [0.717, 1.165) is 0 Å². The average molecular weight is 384 g/mol. The van der Waals surface area contributed by atoms with Crippen molar-refractivity contribution in [1.82, 2.24) is 0 Å². The Balaban J connectivity index is 0.000000292. The summed E-state index contributed by atoms with van der Waals surface area (Å²) < 4.78 is 0. The molecule has 0 heterocycles. The van der Waals surface area contributed by atoms with Gasteiger partial charge in [-0.15, -0.1) is 0 Å². The van der Waals surface area contributed by atoms with Crippen molar-refractivity contribution in [2.75, 3.05) is 0 Å². The van der Waals surface area contributed by atoms with Gasteiger partial charge in [0, 0.05) is 12.1 Å². The number of non-ortho nitro benzene ring substituents is 1. The van der Waals surface area contributed by atoms with Crippen LogP contribution in [0.2, 0.25) is 0 Å². The van der Waals surface area contributed by atoms with E-state index in [1.807, 2.05) is 0 Å². The Morgan fingerprint density at radius 2 is 1.43 bits per heavy atom. The van der Waals surface area contributed by atoms with Gasteiger partial charge in [0.2, 0.25) is 0 Å². The monoisotopic (exact) mass is 383 g/mol. The van der Waals surface area contributed by atoms with Gasteiger partial charge < -0.3 is 0 Å².